The van der Waals surface area contributed by atoms with Crippen molar-refractivity contribution in [2.45, 2.75) is 19.4 Å². The zero-order chi connectivity index (χ0) is 13.0. The van der Waals surface area contributed by atoms with Gasteiger partial charge in [-0.1, -0.05) is 0 Å². The molecule has 3 N–H and O–H groups in total. The van der Waals surface area contributed by atoms with E-state index in [2.05, 4.69) is 10.3 Å². The fourth-order valence-electron chi connectivity index (χ4n) is 1.23. The SMILES string of the molecule is CC(CC(=O)O)NC(=O)c1cc([N+](=O)[O-])c[nH]1. The third kappa shape index (κ3) is 3.59. The second kappa shape index (κ2) is 5.10. The predicted molar refractivity (Wildman–Crippen MR) is 56.6 cm³/mol. The van der Waals surface area contributed by atoms with Crippen molar-refractivity contribution < 1.29 is 19.6 Å². The van der Waals surface area contributed by atoms with Crippen molar-refractivity contribution in [3.05, 3.63) is 28.1 Å². The molecule has 0 aliphatic rings. The minimum Gasteiger partial charge on any atom is -0.481 e. The lowest BCUT2D eigenvalue weighted by atomic mass is 10.2. The van der Waals surface area contributed by atoms with Crippen molar-refractivity contribution in [1.82, 2.24) is 10.3 Å². The maximum atomic E-state index is 11.5. The molecular formula is C9H11N3O5. The number of rotatable bonds is 5. The van der Waals surface area contributed by atoms with Crippen LogP contribution in [0.1, 0.15) is 23.8 Å². The number of aromatic amines is 1. The maximum Gasteiger partial charge on any atom is 0.305 e. The topological polar surface area (TPSA) is 125 Å². The van der Waals surface area contributed by atoms with Crippen molar-refractivity contribution in [3.8, 4) is 0 Å². The Hall–Kier alpha value is -2.38. The number of carbonyl (C=O) groups is 2. The zero-order valence-corrected chi connectivity index (χ0v) is 8.97. The molecule has 1 aromatic rings. The van der Waals surface area contributed by atoms with Crippen LogP contribution in [0, 0.1) is 10.1 Å². The van der Waals surface area contributed by atoms with Gasteiger partial charge < -0.3 is 15.4 Å². The van der Waals surface area contributed by atoms with Crippen molar-refractivity contribution in [1.29, 1.82) is 0 Å². The first-order valence-electron chi connectivity index (χ1n) is 4.75. The molecule has 17 heavy (non-hydrogen) atoms. The quantitative estimate of drug-likeness (QED) is 0.511. The Kier molecular flexibility index (Phi) is 3.81. The van der Waals surface area contributed by atoms with E-state index in [1.54, 1.807) is 0 Å². The Balaban J connectivity index is 2.63. The smallest absolute Gasteiger partial charge is 0.305 e. The number of nitro groups is 1. The number of aliphatic carboxylic acids is 1. The van der Waals surface area contributed by atoms with Gasteiger partial charge in [-0.05, 0) is 6.92 Å². The highest BCUT2D eigenvalue weighted by atomic mass is 16.6. The molecule has 0 radical (unpaired) electrons. The monoisotopic (exact) mass is 241 g/mol. The van der Waals surface area contributed by atoms with Crippen molar-refractivity contribution >= 4 is 17.6 Å². The van der Waals surface area contributed by atoms with Crippen LogP contribution in [0.4, 0.5) is 5.69 Å². The molecule has 1 rings (SSSR count). The standard InChI is InChI=1S/C9H11N3O5/c1-5(2-8(13)14)11-9(15)7-3-6(4-10-7)12(16)17/h3-5,10H,2H2,1H3,(H,11,15)(H,13,14). The summed E-state index contributed by atoms with van der Waals surface area (Å²) in [5.41, 5.74) is -0.199. The second-order valence-corrected chi connectivity index (χ2v) is 3.50. The molecule has 0 saturated heterocycles. The molecule has 0 spiro atoms. The van der Waals surface area contributed by atoms with Gasteiger partial charge in [-0.3, -0.25) is 19.7 Å². The van der Waals surface area contributed by atoms with Gasteiger partial charge in [-0.2, -0.15) is 0 Å². The van der Waals surface area contributed by atoms with E-state index in [9.17, 15) is 19.7 Å². The first-order chi connectivity index (χ1) is 7.90. The maximum absolute atomic E-state index is 11.5. The lowest BCUT2D eigenvalue weighted by molar-refractivity contribution is -0.384. The predicted octanol–water partition coefficient (Wildman–Crippen LogP) is 0.516. The van der Waals surface area contributed by atoms with Crippen LogP contribution >= 0.6 is 0 Å². The number of hydrogen-bond acceptors (Lipinski definition) is 4. The van der Waals surface area contributed by atoms with Gasteiger partial charge in [0.15, 0.2) is 0 Å². The molecule has 1 heterocycles. The summed E-state index contributed by atoms with van der Waals surface area (Å²) in [4.78, 5) is 34.1. The largest absolute Gasteiger partial charge is 0.481 e. The van der Waals surface area contributed by atoms with E-state index < -0.39 is 22.8 Å². The van der Waals surface area contributed by atoms with Crippen molar-refractivity contribution in [2.75, 3.05) is 0 Å². The fourth-order valence-corrected chi connectivity index (χ4v) is 1.23. The van der Waals surface area contributed by atoms with Gasteiger partial charge >= 0.3 is 5.97 Å². The Labute approximate surface area is 95.8 Å². The van der Waals surface area contributed by atoms with E-state index in [0.29, 0.717) is 0 Å². The highest BCUT2D eigenvalue weighted by Gasteiger charge is 2.17. The van der Waals surface area contributed by atoms with Crippen LogP contribution in [0.5, 0.6) is 0 Å². The zero-order valence-electron chi connectivity index (χ0n) is 8.97. The van der Waals surface area contributed by atoms with Gasteiger partial charge in [-0.15, -0.1) is 0 Å². The lowest BCUT2D eigenvalue weighted by Gasteiger charge is -2.09. The highest BCUT2D eigenvalue weighted by Crippen LogP contribution is 2.12. The molecule has 8 nitrogen and oxygen atoms in total. The van der Waals surface area contributed by atoms with E-state index >= 15 is 0 Å². The average Bonchev–Trinajstić information content (AvgIpc) is 2.64. The molecular weight excluding hydrogens is 230 g/mol. The van der Waals surface area contributed by atoms with E-state index in [1.807, 2.05) is 0 Å². The van der Waals surface area contributed by atoms with Crippen molar-refractivity contribution in [2.24, 2.45) is 0 Å². The average molecular weight is 241 g/mol. The van der Waals surface area contributed by atoms with Gasteiger partial charge in [0.05, 0.1) is 17.5 Å². The molecule has 1 amide bonds. The number of carbonyl (C=O) groups excluding carboxylic acids is 1. The molecule has 1 aromatic heterocycles. The molecule has 1 unspecified atom stereocenters. The number of carboxylic acids is 1. The Morgan fingerprint density at radius 2 is 2.29 bits per heavy atom. The number of carboxylic acid groups (broad SMARTS) is 1. The van der Waals surface area contributed by atoms with Crippen molar-refractivity contribution in [3.63, 3.8) is 0 Å². The van der Waals surface area contributed by atoms with Gasteiger partial charge in [0.2, 0.25) is 0 Å². The number of aromatic nitrogens is 1. The Morgan fingerprint density at radius 1 is 1.65 bits per heavy atom. The number of nitrogens with one attached hydrogen (secondary N) is 2. The Morgan fingerprint density at radius 3 is 2.76 bits per heavy atom. The van der Waals surface area contributed by atoms with Crippen LogP contribution in [0.25, 0.3) is 0 Å². The third-order valence-electron chi connectivity index (χ3n) is 1.98. The number of H-pyrrole nitrogens is 1. The van der Waals surface area contributed by atoms with E-state index in [1.165, 1.54) is 6.92 Å². The summed E-state index contributed by atoms with van der Waals surface area (Å²) in [5.74, 6) is -1.61. The van der Waals surface area contributed by atoms with Gasteiger partial charge in [0.25, 0.3) is 11.6 Å². The van der Waals surface area contributed by atoms with Gasteiger partial charge in [0.1, 0.15) is 5.69 Å². The first-order valence-corrected chi connectivity index (χ1v) is 4.75. The van der Waals surface area contributed by atoms with Crippen LogP contribution < -0.4 is 5.32 Å². The number of nitrogens with zero attached hydrogens (tertiary/aromatic N) is 1. The molecule has 0 aromatic carbocycles. The van der Waals surface area contributed by atoms with E-state index in [4.69, 9.17) is 5.11 Å². The summed E-state index contributed by atoms with van der Waals surface area (Å²) >= 11 is 0. The van der Waals surface area contributed by atoms with Crippen LogP contribution in [-0.4, -0.2) is 32.9 Å². The normalized spacial score (nSPS) is 11.8. The molecule has 0 aliphatic heterocycles. The molecule has 92 valence electrons. The fraction of sp³-hybridized carbons (Fsp3) is 0.333. The van der Waals surface area contributed by atoms with E-state index in [0.717, 1.165) is 12.3 Å². The summed E-state index contributed by atoms with van der Waals surface area (Å²) in [6.07, 6.45) is 0.880. The lowest BCUT2D eigenvalue weighted by Crippen LogP contribution is -2.34. The first kappa shape index (κ1) is 12.7. The van der Waals surface area contributed by atoms with Crippen LogP contribution in [0.15, 0.2) is 12.3 Å². The van der Waals surface area contributed by atoms with Gasteiger partial charge in [-0.25, -0.2) is 0 Å². The minimum absolute atomic E-state index is 0.0222. The summed E-state index contributed by atoms with van der Waals surface area (Å²) < 4.78 is 0. The number of amides is 1. The highest BCUT2D eigenvalue weighted by molar-refractivity contribution is 5.93. The molecule has 0 bridgehead atoms. The molecule has 0 saturated carbocycles. The second-order valence-electron chi connectivity index (χ2n) is 3.50. The molecule has 1 atom stereocenters. The number of hydrogen-bond donors (Lipinski definition) is 3. The summed E-state index contributed by atoms with van der Waals surface area (Å²) in [6.45, 7) is 1.53. The van der Waals surface area contributed by atoms with Crippen LogP contribution in [-0.2, 0) is 4.79 Å². The summed E-state index contributed by atoms with van der Waals surface area (Å²) in [5, 5.41) is 21.3. The third-order valence-corrected chi connectivity index (χ3v) is 1.98. The summed E-state index contributed by atoms with van der Waals surface area (Å²) in [7, 11) is 0. The van der Waals surface area contributed by atoms with Gasteiger partial charge in [0, 0.05) is 12.1 Å². The van der Waals surface area contributed by atoms with Crippen LogP contribution in [0.3, 0.4) is 0 Å². The molecule has 0 fully saturated rings. The Bertz CT molecular complexity index is 453. The van der Waals surface area contributed by atoms with E-state index in [-0.39, 0.29) is 17.8 Å². The molecule has 8 heteroatoms. The minimum atomic E-state index is -1.03. The van der Waals surface area contributed by atoms with Crippen LogP contribution in [0.2, 0.25) is 0 Å². The summed E-state index contributed by atoms with van der Waals surface area (Å²) in [6, 6.07) is 0.533. The molecule has 0 aliphatic carbocycles.